The van der Waals surface area contributed by atoms with Crippen molar-refractivity contribution in [2.24, 2.45) is 5.92 Å². The van der Waals surface area contributed by atoms with Crippen molar-refractivity contribution in [1.29, 1.82) is 0 Å². The Labute approximate surface area is 639 Å². The lowest BCUT2D eigenvalue weighted by molar-refractivity contribution is 0.0822. The molecule has 4 atom stereocenters. The SMILES string of the molecule is C.CC(C)CCOc1ccc(C2COc3c(ccc4c3CCC(C)(C)O4)C2)c(O)c1.CCCOc1ccc(C2COc3c(ccc4c3CCC(C)(C)O4)C2)c(O)c1.CCOc1ccc(C2COc3c(ccc4c3CCC(C)(C)O4)C2)c(O)c1.COc1ccc(C2COc3c(ccc4c3CCC(C)(C)O4)C2)c(O)c1. The molecule has 16 nitrogen and oxygen atoms in total. The summed E-state index contributed by atoms with van der Waals surface area (Å²) < 4.78 is 71.2. The highest BCUT2D eigenvalue weighted by molar-refractivity contribution is 5.59. The molecule has 0 saturated carbocycles. The van der Waals surface area contributed by atoms with Gasteiger partial charge in [0.2, 0.25) is 0 Å². The quantitative estimate of drug-likeness (QED) is 0.0803. The number of phenols is 4. The largest absolute Gasteiger partial charge is 0.508 e. The molecule has 4 unspecified atom stereocenters. The molecule has 16 rings (SSSR count). The zero-order chi connectivity index (χ0) is 75.5. The summed E-state index contributed by atoms with van der Waals surface area (Å²) in [5, 5.41) is 41.8. The fourth-order valence-corrected chi connectivity index (χ4v) is 15.9. The Bertz CT molecular complexity index is 4490. The second-order valence-corrected chi connectivity index (χ2v) is 32.8. The number of phenolic OH excluding ortho intramolecular Hbond substituents is 4. The van der Waals surface area contributed by atoms with Crippen LogP contribution < -0.4 is 56.8 Å². The molecule has 108 heavy (non-hydrogen) atoms. The number of hydrogen-bond donors (Lipinski definition) is 4. The lowest BCUT2D eigenvalue weighted by Crippen LogP contribution is -2.33. The highest BCUT2D eigenvalue weighted by Gasteiger charge is 2.38. The van der Waals surface area contributed by atoms with Gasteiger partial charge in [-0.15, -0.1) is 0 Å². The number of methoxy groups -OCH3 is 1. The molecule has 578 valence electrons. The van der Waals surface area contributed by atoms with Crippen molar-refractivity contribution >= 4 is 0 Å². The first-order valence-electron chi connectivity index (χ1n) is 38.8. The van der Waals surface area contributed by atoms with Gasteiger partial charge in [-0.2, -0.15) is 0 Å². The maximum Gasteiger partial charge on any atom is 0.129 e. The fourth-order valence-electron chi connectivity index (χ4n) is 15.9. The van der Waals surface area contributed by atoms with Crippen molar-refractivity contribution in [3.8, 4) is 92.0 Å². The first kappa shape index (κ1) is 78.2. The number of aromatic hydroxyl groups is 4. The van der Waals surface area contributed by atoms with Crippen molar-refractivity contribution in [1.82, 2.24) is 0 Å². The van der Waals surface area contributed by atoms with E-state index in [0.29, 0.717) is 69.4 Å². The lowest BCUT2D eigenvalue weighted by Gasteiger charge is -2.35. The summed E-state index contributed by atoms with van der Waals surface area (Å²) in [4.78, 5) is 0. The minimum absolute atomic E-state index is 0. The predicted octanol–water partition coefficient (Wildman–Crippen LogP) is 20.1. The maximum absolute atomic E-state index is 10.6. The summed E-state index contributed by atoms with van der Waals surface area (Å²) in [6.07, 6.45) is 13.2. The first-order chi connectivity index (χ1) is 51.2. The van der Waals surface area contributed by atoms with Gasteiger partial charge in [0.1, 0.15) is 114 Å². The normalized spacial score (nSPS) is 20.0. The van der Waals surface area contributed by atoms with Gasteiger partial charge < -0.3 is 77.3 Å². The molecule has 16 heteroatoms. The van der Waals surface area contributed by atoms with Crippen LogP contribution in [-0.4, -0.2) is 96.2 Å². The Morgan fingerprint density at radius 2 is 0.657 bits per heavy atom. The molecule has 8 aromatic carbocycles. The zero-order valence-electron chi connectivity index (χ0n) is 65.0. The van der Waals surface area contributed by atoms with Crippen molar-refractivity contribution in [3.63, 3.8) is 0 Å². The molecule has 8 heterocycles. The fraction of sp³-hybridized carbons (Fsp3) is 0.478. The lowest BCUT2D eigenvalue weighted by atomic mass is 9.86. The van der Waals surface area contributed by atoms with Crippen LogP contribution in [0.4, 0.5) is 0 Å². The standard InChI is InChI=1S/C25H32O4.C23H28O4.C22H26O4.C21H24O4.CH4/c1-16(2)10-12-27-19-6-7-20(22(26)14-19)18-13-17-5-8-23-21(24(17)28-15-18)9-11-25(3,4)29-23;1-4-11-25-17-6-7-18(20(24)13-17)16-12-15-5-8-21-19(22(15)26-14-16)9-10-23(2,3)27-21;1-4-24-16-6-7-17(19(23)12-16)15-11-14-5-8-20-18(21(14)25-13-15)9-10-22(2,3)26-20;1-21(2)9-8-17-19(25-21)7-4-13-10-14(12-24-20(13)17)16-6-5-15(23-3)11-18(16)22;/h5-8,14,16,18,26H,9-13,15H2,1-4H3;5-8,13,16,24H,4,9-12,14H2,1-3H3;5-8,12,15,23H,4,9-11,13H2,1-3H3;4-7,11,14,22H,8-10,12H2,1-3H3;1H4. The summed E-state index contributed by atoms with van der Waals surface area (Å²) in [6, 6.07) is 39.0. The van der Waals surface area contributed by atoms with E-state index in [1.165, 1.54) is 44.5 Å². The minimum Gasteiger partial charge on any atom is -0.508 e. The second kappa shape index (κ2) is 32.8. The van der Waals surface area contributed by atoms with Gasteiger partial charge in [0, 0.05) is 92.4 Å². The van der Waals surface area contributed by atoms with E-state index < -0.39 is 0 Å². The van der Waals surface area contributed by atoms with Crippen molar-refractivity contribution in [3.05, 3.63) is 188 Å². The van der Waals surface area contributed by atoms with Crippen LogP contribution >= 0.6 is 0 Å². The molecule has 0 aromatic heterocycles. The molecule has 8 aliphatic heterocycles. The van der Waals surface area contributed by atoms with E-state index in [0.717, 1.165) is 164 Å². The zero-order valence-corrected chi connectivity index (χ0v) is 65.0. The summed E-state index contributed by atoms with van der Waals surface area (Å²) in [6.45, 7) is 29.5. The third-order valence-electron chi connectivity index (χ3n) is 22.0. The van der Waals surface area contributed by atoms with E-state index in [1.54, 1.807) is 31.4 Å². The van der Waals surface area contributed by atoms with Crippen LogP contribution in [0.3, 0.4) is 0 Å². The summed E-state index contributed by atoms with van der Waals surface area (Å²) >= 11 is 0. The van der Waals surface area contributed by atoms with Crippen LogP contribution in [0.2, 0.25) is 0 Å². The van der Waals surface area contributed by atoms with Crippen LogP contribution in [0.25, 0.3) is 0 Å². The van der Waals surface area contributed by atoms with E-state index in [1.807, 2.05) is 55.5 Å². The number of ether oxygens (including phenoxy) is 12. The smallest absolute Gasteiger partial charge is 0.129 e. The van der Waals surface area contributed by atoms with Gasteiger partial charge >= 0.3 is 0 Å². The van der Waals surface area contributed by atoms with Gasteiger partial charge in [0.15, 0.2) is 0 Å². The predicted molar refractivity (Wildman–Crippen MR) is 423 cm³/mol. The minimum atomic E-state index is -0.122. The molecule has 4 N–H and O–H groups in total. The molecular formula is C92H114O16. The molecule has 0 amide bonds. The van der Waals surface area contributed by atoms with Crippen LogP contribution in [0.5, 0.6) is 92.0 Å². The molecule has 8 aromatic rings. The van der Waals surface area contributed by atoms with Crippen molar-refractivity contribution in [2.75, 3.05) is 53.4 Å². The number of benzene rings is 8. The number of hydrogen-bond acceptors (Lipinski definition) is 16. The van der Waals surface area contributed by atoms with Crippen molar-refractivity contribution in [2.45, 2.75) is 226 Å². The van der Waals surface area contributed by atoms with Crippen molar-refractivity contribution < 1.29 is 77.3 Å². The van der Waals surface area contributed by atoms with E-state index in [4.69, 9.17) is 56.8 Å². The van der Waals surface area contributed by atoms with Gasteiger partial charge in [-0.05, 0) is 229 Å². The van der Waals surface area contributed by atoms with Crippen LogP contribution in [-0.2, 0) is 51.4 Å². The van der Waals surface area contributed by atoms with Crippen LogP contribution in [0.15, 0.2) is 121 Å². The molecule has 0 fully saturated rings. The van der Waals surface area contributed by atoms with E-state index in [2.05, 4.69) is 125 Å². The molecule has 8 aliphatic rings. The molecule has 0 aliphatic carbocycles. The third kappa shape index (κ3) is 18.0. The highest BCUT2D eigenvalue weighted by atomic mass is 16.5. The Morgan fingerprint density at radius 3 is 0.926 bits per heavy atom. The Hall–Kier alpha value is -9.44. The van der Waals surface area contributed by atoms with E-state index >= 15 is 0 Å². The highest BCUT2D eigenvalue weighted by Crippen LogP contribution is 2.51. The molecular weight excluding hydrogens is 1360 g/mol. The Balaban J connectivity index is 0.000000134. The molecule has 0 radical (unpaired) electrons. The third-order valence-corrected chi connectivity index (χ3v) is 22.0. The summed E-state index contributed by atoms with van der Waals surface area (Å²) in [5.41, 5.74) is 12.7. The average molecular weight is 1480 g/mol. The van der Waals surface area contributed by atoms with Gasteiger partial charge in [0.25, 0.3) is 0 Å². The number of rotatable bonds is 14. The van der Waals surface area contributed by atoms with Gasteiger partial charge in [-0.3, -0.25) is 0 Å². The molecule has 0 bridgehead atoms. The van der Waals surface area contributed by atoms with Gasteiger partial charge in [0.05, 0.1) is 53.4 Å². The summed E-state index contributed by atoms with van der Waals surface area (Å²) in [7, 11) is 1.60. The topological polar surface area (TPSA) is 192 Å². The van der Waals surface area contributed by atoms with Gasteiger partial charge in [-0.25, -0.2) is 0 Å². The van der Waals surface area contributed by atoms with Crippen LogP contribution in [0.1, 0.15) is 219 Å². The Morgan fingerprint density at radius 1 is 0.380 bits per heavy atom. The van der Waals surface area contributed by atoms with E-state index in [-0.39, 0.29) is 76.5 Å². The monoisotopic (exact) mass is 1470 g/mol. The maximum atomic E-state index is 10.6. The Kier molecular flexibility index (Phi) is 23.7. The molecule has 0 spiro atoms. The number of fused-ring (bicyclic) bond motifs is 12. The van der Waals surface area contributed by atoms with Gasteiger partial charge in [-0.1, -0.05) is 76.7 Å². The summed E-state index contributed by atoms with van der Waals surface area (Å²) in [5.74, 6) is 12.8. The van der Waals surface area contributed by atoms with Crippen LogP contribution in [0, 0.1) is 5.92 Å². The molecule has 0 saturated heterocycles. The average Bonchev–Trinajstić information content (AvgIpc) is 0.783. The van der Waals surface area contributed by atoms with E-state index in [9.17, 15) is 20.4 Å². The first-order valence-corrected chi connectivity index (χ1v) is 38.8. The second-order valence-electron chi connectivity index (χ2n) is 32.8.